The van der Waals surface area contributed by atoms with Crippen molar-refractivity contribution in [1.29, 1.82) is 0 Å². The molecule has 0 aromatic heterocycles. The average Bonchev–Trinajstić information content (AvgIpc) is 2.38. The van der Waals surface area contributed by atoms with Gasteiger partial charge in [0.2, 0.25) is 0 Å². The Balaban J connectivity index is 2.14. The molecule has 0 fully saturated rings. The van der Waals surface area contributed by atoms with Crippen LogP contribution in [0.5, 0.6) is 11.5 Å². The molecule has 0 atom stereocenters. The number of ether oxygens (including phenoxy) is 1. The molecule has 0 spiro atoms. The van der Waals surface area contributed by atoms with Crippen molar-refractivity contribution in [3.05, 3.63) is 60.2 Å². The van der Waals surface area contributed by atoms with E-state index in [1.165, 1.54) is 7.11 Å². The lowest BCUT2D eigenvalue weighted by atomic mass is 10.2. The van der Waals surface area contributed by atoms with Gasteiger partial charge in [-0.25, -0.2) is 0 Å². The molecular formula is C14H13NO2. The number of benzene rings is 2. The van der Waals surface area contributed by atoms with Gasteiger partial charge in [0.15, 0.2) is 0 Å². The number of nitrogens with zero attached hydrogens (tertiary/aromatic N) is 1. The van der Waals surface area contributed by atoms with Crippen LogP contribution in [0.4, 0.5) is 0 Å². The summed E-state index contributed by atoms with van der Waals surface area (Å²) in [6, 6.07) is 17.3. The van der Waals surface area contributed by atoms with Gasteiger partial charge in [0, 0.05) is 0 Å². The predicted octanol–water partition coefficient (Wildman–Crippen LogP) is 3.46. The molecule has 0 N–H and O–H groups in total. The first-order chi connectivity index (χ1) is 8.38. The normalized spacial score (nSPS) is 10.4. The van der Waals surface area contributed by atoms with E-state index < -0.39 is 0 Å². The van der Waals surface area contributed by atoms with Gasteiger partial charge in [0.05, 0.1) is 6.21 Å². The minimum atomic E-state index is 0.774. The number of rotatable bonds is 4. The van der Waals surface area contributed by atoms with Crippen LogP contribution < -0.4 is 4.74 Å². The molecule has 2 rings (SSSR count). The molecular weight excluding hydrogens is 214 g/mol. The fourth-order valence-corrected chi connectivity index (χ4v) is 1.40. The molecule has 0 saturated carbocycles. The molecule has 17 heavy (non-hydrogen) atoms. The van der Waals surface area contributed by atoms with E-state index in [2.05, 4.69) is 9.99 Å². The van der Waals surface area contributed by atoms with Crippen LogP contribution in [0.25, 0.3) is 0 Å². The zero-order valence-corrected chi connectivity index (χ0v) is 9.54. The summed E-state index contributed by atoms with van der Waals surface area (Å²) >= 11 is 0. The van der Waals surface area contributed by atoms with Crippen molar-refractivity contribution < 1.29 is 9.57 Å². The first kappa shape index (κ1) is 11.2. The second-order valence-electron chi connectivity index (χ2n) is 3.40. The van der Waals surface area contributed by atoms with E-state index in [1.54, 1.807) is 6.21 Å². The quantitative estimate of drug-likeness (QED) is 0.591. The molecule has 0 heterocycles. The molecule has 86 valence electrons. The molecule has 0 unspecified atom stereocenters. The summed E-state index contributed by atoms with van der Waals surface area (Å²) in [4.78, 5) is 4.63. The average molecular weight is 227 g/mol. The molecule has 0 aliphatic heterocycles. The predicted molar refractivity (Wildman–Crippen MR) is 67.6 cm³/mol. The van der Waals surface area contributed by atoms with E-state index in [1.807, 2.05) is 54.6 Å². The Labute approximate surface area is 100 Å². The van der Waals surface area contributed by atoms with Gasteiger partial charge in [-0.1, -0.05) is 35.5 Å². The van der Waals surface area contributed by atoms with Crippen molar-refractivity contribution in [2.45, 2.75) is 0 Å². The minimum absolute atomic E-state index is 0.774. The van der Waals surface area contributed by atoms with Crippen molar-refractivity contribution in [3.8, 4) is 11.5 Å². The van der Waals surface area contributed by atoms with Crippen LogP contribution in [0, 0.1) is 0 Å². The molecule has 0 bridgehead atoms. The largest absolute Gasteiger partial charge is 0.457 e. The Kier molecular flexibility index (Phi) is 3.76. The van der Waals surface area contributed by atoms with Crippen LogP contribution in [0.3, 0.4) is 0 Å². The number of oxime groups is 1. The van der Waals surface area contributed by atoms with Crippen molar-refractivity contribution in [3.63, 3.8) is 0 Å². The number of hydrogen-bond donors (Lipinski definition) is 0. The van der Waals surface area contributed by atoms with Crippen LogP contribution in [-0.2, 0) is 4.84 Å². The van der Waals surface area contributed by atoms with Gasteiger partial charge >= 0.3 is 0 Å². The summed E-state index contributed by atoms with van der Waals surface area (Å²) in [6.07, 6.45) is 1.64. The third-order valence-electron chi connectivity index (χ3n) is 2.14. The highest BCUT2D eigenvalue weighted by molar-refractivity contribution is 5.79. The summed E-state index contributed by atoms with van der Waals surface area (Å²) in [6.45, 7) is 0. The fourth-order valence-electron chi connectivity index (χ4n) is 1.40. The summed E-state index contributed by atoms with van der Waals surface area (Å²) in [5.74, 6) is 1.59. The lowest BCUT2D eigenvalue weighted by molar-refractivity contribution is 0.215. The van der Waals surface area contributed by atoms with E-state index in [0.717, 1.165) is 17.1 Å². The highest BCUT2D eigenvalue weighted by atomic mass is 16.6. The smallest absolute Gasteiger partial charge is 0.128 e. The second kappa shape index (κ2) is 5.70. The molecule has 0 radical (unpaired) electrons. The zero-order chi connectivity index (χ0) is 11.9. The Bertz CT molecular complexity index is 495. The maximum absolute atomic E-state index is 5.70. The maximum Gasteiger partial charge on any atom is 0.128 e. The molecule has 0 aliphatic rings. The topological polar surface area (TPSA) is 30.8 Å². The van der Waals surface area contributed by atoms with Gasteiger partial charge in [-0.2, -0.15) is 0 Å². The fraction of sp³-hybridized carbons (Fsp3) is 0.0714. The molecule has 3 heteroatoms. The minimum Gasteiger partial charge on any atom is -0.457 e. The van der Waals surface area contributed by atoms with E-state index in [-0.39, 0.29) is 0 Å². The zero-order valence-electron chi connectivity index (χ0n) is 9.54. The first-order valence-electron chi connectivity index (χ1n) is 5.28. The summed E-state index contributed by atoms with van der Waals surface area (Å²) < 4.78 is 5.70. The van der Waals surface area contributed by atoms with Gasteiger partial charge < -0.3 is 9.57 Å². The third kappa shape index (κ3) is 3.34. The van der Waals surface area contributed by atoms with E-state index >= 15 is 0 Å². The lowest BCUT2D eigenvalue weighted by Gasteiger charge is -2.05. The van der Waals surface area contributed by atoms with Crippen molar-refractivity contribution >= 4 is 6.21 Å². The number of hydrogen-bond acceptors (Lipinski definition) is 3. The van der Waals surface area contributed by atoms with Crippen molar-refractivity contribution in [1.82, 2.24) is 0 Å². The van der Waals surface area contributed by atoms with Crippen LogP contribution in [0.1, 0.15) is 5.56 Å². The molecule has 2 aromatic carbocycles. The van der Waals surface area contributed by atoms with Gasteiger partial charge in [-0.05, 0) is 29.8 Å². The monoisotopic (exact) mass is 227 g/mol. The van der Waals surface area contributed by atoms with Crippen LogP contribution in [0.15, 0.2) is 59.8 Å². The Hall–Kier alpha value is -2.29. The first-order valence-corrected chi connectivity index (χ1v) is 5.28. The van der Waals surface area contributed by atoms with Crippen LogP contribution >= 0.6 is 0 Å². The lowest BCUT2D eigenvalue weighted by Crippen LogP contribution is -1.86. The van der Waals surface area contributed by atoms with Gasteiger partial charge in [-0.3, -0.25) is 0 Å². The third-order valence-corrected chi connectivity index (χ3v) is 2.14. The second-order valence-corrected chi connectivity index (χ2v) is 3.40. The molecule has 0 amide bonds. The summed E-state index contributed by atoms with van der Waals surface area (Å²) in [5, 5.41) is 3.71. The summed E-state index contributed by atoms with van der Waals surface area (Å²) in [7, 11) is 1.51. The molecule has 0 aliphatic carbocycles. The van der Waals surface area contributed by atoms with Crippen LogP contribution in [0.2, 0.25) is 0 Å². The summed E-state index contributed by atoms with van der Waals surface area (Å²) in [5.41, 5.74) is 0.931. The Morgan fingerprint density at radius 2 is 1.71 bits per heavy atom. The number of para-hydroxylation sites is 1. The van der Waals surface area contributed by atoms with Gasteiger partial charge in [-0.15, -0.1) is 0 Å². The van der Waals surface area contributed by atoms with Crippen molar-refractivity contribution in [2.75, 3.05) is 7.11 Å². The van der Waals surface area contributed by atoms with E-state index in [0.29, 0.717) is 0 Å². The SMILES string of the molecule is CON=Cc1cccc(Oc2ccccc2)c1. The molecule has 3 nitrogen and oxygen atoms in total. The van der Waals surface area contributed by atoms with E-state index in [4.69, 9.17) is 4.74 Å². The highest BCUT2D eigenvalue weighted by Crippen LogP contribution is 2.21. The Morgan fingerprint density at radius 1 is 0.941 bits per heavy atom. The van der Waals surface area contributed by atoms with Gasteiger partial charge in [0.25, 0.3) is 0 Å². The molecule has 0 saturated heterocycles. The highest BCUT2D eigenvalue weighted by Gasteiger charge is 1.97. The van der Waals surface area contributed by atoms with Crippen molar-refractivity contribution in [2.24, 2.45) is 5.16 Å². The maximum atomic E-state index is 5.70. The molecule has 2 aromatic rings. The van der Waals surface area contributed by atoms with Gasteiger partial charge in [0.1, 0.15) is 18.6 Å². The van der Waals surface area contributed by atoms with E-state index in [9.17, 15) is 0 Å². The Morgan fingerprint density at radius 3 is 2.47 bits per heavy atom. The standard InChI is InChI=1S/C14H13NO2/c1-16-15-11-12-6-5-9-14(10-12)17-13-7-3-2-4-8-13/h2-11H,1H3. The van der Waals surface area contributed by atoms with Crippen LogP contribution in [-0.4, -0.2) is 13.3 Å².